The summed E-state index contributed by atoms with van der Waals surface area (Å²) in [5.74, 6) is 1.07. The van der Waals surface area contributed by atoms with Crippen molar-refractivity contribution in [3.8, 4) is 10.6 Å². The first-order chi connectivity index (χ1) is 18.2. The fourth-order valence-corrected chi connectivity index (χ4v) is 7.70. The number of hydrogen-bond donors (Lipinski definition) is 2. The number of hydrogen-bond acceptors (Lipinski definition) is 9. The van der Waals surface area contributed by atoms with Crippen molar-refractivity contribution in [2.75, 3.05) is 10.6 Å². The number of ether oxygens (including phenoxy) is 2. The van der Waals surface area contributed by atoms with E-state index in [0.717, 1.165) is 58.0 Å². The molecule has 7 nitrogen and oxygen atoms in total. The summed E-state index contributed by atoms with van der Waals surface area (Å²) in [5, 5.41) is 10.2. The monoisotopic (exact) mass is 533 g/mol. The molecule has 37 heavy (non-hydrogen) atoms. The second kappa shape index (κ2) is 9.62. The molecule has 7 rings (SSSR count). The van der Waals surface area contributed by atoms with Gasteiger partial charge in [-0.2, -0.15) is 4.98 Å². The van der Waals surface area contributed by atoms with Crippen molar-refractivity contribution in [3.05, 3.63) is 52.3 Å². The molecule has 3 fully saturated rings. The van der Waals surface area contributed by atoms with E-state index in [-0.39, 0.29) is 24.0 Å². The number of benzene rings is 1. The fraction of sp³-hybridized carbons (Fsp3) is 0.464. The van der Waals surface area contributed by atoms with E-state index in [0.29, 0.717) is 12.5 Å². The van der Waals surface area contributed by atoms with E-state index < -0.39 is 0 Å². The van der Waals surface area contributed by atoms with Crippen molar-refractivity contribution in [2.45, 2.75) is 82.5 Å². The summed E-state index contributed by atoms with van der Waals surface area (Å²) in [6, 6.07) is 12.6. The number of nitrogens with zero attached hydrogens (tertiary/aromatic N) is 3. The maximum absolute atomic E-state index is 6.69. The predicted molar refractivity (Wildman–Crippen MR) is 149 cm³/mol. The average Bonchev–Trinajstić information content (AvgIpc) is 3.69. The van der Waals surface area contributed by atoms with Crippen LogP contribution in [0.3, 0.4) is 0 Å². The van der Waals surface area contributed by atoms with E-state index in [1.165, 1.54) is 24.1 Å². The molecule has 1 aliphatic heterocycles. The van der Waals surface area contributed by atoms with Gasteiger partial charge in [0.05, 0.1) is 40.2 Å². The second-order valence-corrected chi connectivity index (χ2v) is 12.4. The molecular weight excluding hydrogens is 502 g/mol. The topological polar surface area (TPSA) is 81.2 Å². The molecule has 0 radical (unpaired) electrons. The summed E-state index contributed by atoms with van der Waals surface area (Å²) in [6.45, 7) is 2.75. The van der Waals surface area contributed by atoms with Crippen molar-refractivity contribution >= 4 is 44.7 Å². The third-order valence-electron chi connectivity index (χ3n) is 7.78. The smallest absolute Gasteiger partial charge is 0.225 e. The van der Waals surface area contributed by atoms with Crippen molar-refractivity contribution in [1.29, 1.82) is 0 Å². The molecule has 1 spiro atoms. The van der Waals surface area contributed by atoms with Crippen molar-refractivity contribution in [1.82, 2.24) is 15.0 Å². The SMILES string of the molecule is Cc1nc(NCc2cccs2)nc(N[C@@H]2CC[C@H]3OC4(CCCCC4)O[C@@H]23)c1-c1nc2ccccc2s1. The van der Waals surface area contributed by atoms with Crippen LogP contribution in [0, 0.1) is 6.92 Å². The summed E-state index contributed by atoms with van der Waals surface area (Å²) in [6.07, 6.45) is 7.85. The van der Waals surface area contributed by atoms with Crippen LogP contribution in [-0.2, 0) is 16.0 Å². The lowest BCUT2D eigenvalue weighted by Gasteiger charge is -2.33. The number of rotatable bonds is 6. The zero-order chi connectivity index (χ0) is 24.8. The van der Waals surface area contributed by atoms with E-state index in [1.54, 1.807) is 22.7 Å². The average molecular weight is 534 g/mol. The fourth-order valence-electron chi connectivity index (χ4n) is 5.99. The summed E-state index contributed by atoms with van der Waals surface area (Å²) in [5.41, 5.74) is 2.88. The molecule has 0 unspecified atom stereocenters. The van der Waals surface area contributed by atoms with Crippen molar-refractivity contribution in [3.63, 3.8) is 0 Å². The lowest BCUT2D eigenvalue weighted by atomic mass is 9.94. The van der Waals surface area contributed by atoms with Crippen LogP contribution in [0.15, 0.2) is 41.8 Å². The minimum absolute atomic E-state index is 0.0408. The van der Waals surface area contributed by atoms with E-state index in [1.807, 2.05) is 13.0 Å². The molecular formula is C28H31N5O2S2. The largest absolute Gasteiger partial charge is 0.364 e. The summed E-state index contributed by atoms with van der Waals surface area (Å²) in [4.78, 5) is 16.0. The number of aromatic nitrogens is 3. The number of thiazole rings is 1. The van der Waals surface area contributed by atoms with E-state index in [9.17, 15) is 0 Å². The minimum Gasteiger partial charge on any atom is -0.364 e. The molecule has 192 valence electrons. The van der Waals surface area contributed by atoms with Crippen LogP contribution in [0.25, 0.3) is 20.8 Å². The van der Waals surface area contributed by atoms with Crippen LogP contribution in [0.5, 0.6) is 0 Å². The van der Waals surface area contributed by atoms with E-state index >= 15 is 0 Å². The van der Waals surface area contributed by atoms with Crippen LogP contribution in [0.1, 0.15) is 55.5 Å². The predicted octanol–water partition coefficient (Wildman–Crippen LogP) is 6.75. The Labute approximate surface area is 224 Å². The molecule has 0 amide bonds. The molecule has 4 heterocycles. The molecule has 1 aromatic carbocycles. The maximum atomic E-state index is 6.69. The Morgan fingerprint density at radius 2 is 1.89 bits per heavy atom. The van der Waals surface area contributed by atoms with Gasteiger partial charge in [-0.25, -0.2) is 9.97 Å². The zero-order valence-electron chi connectivity index (χ0n) is 20.9. The Hall–Kier alpha value is -2.59. The third kappa shape index (κ3) is 4.52. The molecule has 2 N–H and O–H groups in total. The van der Waals surface area contributed by atoms with Gasteiger partial charge < -0.3 is 20.1 Å². The molecule has 1 saturated heterocycles. The third-order valence-corrected chi connectivity index (χ3v) is 9.71. The quantitative estimate of drug-likeness (QED) is 0.284. The Morgan fingerprint density at radius 3 is 2.73 bits per heavy atom. The van der Waals surface area contributed by atoms with Crippen LogP contribution in [0.4, 0.5) is 11.8 Å². The van der Waals surface area contributed by atoms with Crippen LogP contribution >= 0.6 is 22.7 Å². The first-order valence-electron chi connectivity index (χ1n) is 13.3. The molecule has 9 heteroatoms. The van der Waals surface area contributed by atoms with Gasteiger partial charge in [-0.3, -0.25) is 0 Å². The Morgan fingerprint density at radius 1 is 1.00 bits per heavy atom. The van der Waals surface area contributed by atoms with Gasteiger partial charge in [0.1, 0.15) is 16.9 Å². The van der Waals surface area contributed by atoms with E-state index in [4.69, 9.17) is 24.4 Å². The van der Waals surface area contributed by atoms with Gasteiger partial charge in [-0.1, -0.05) is 24.6 Å². The minimum atomic E-state index is -0.376. The van der Waals surface area contributed by atoms with Gasteiger partial charge in [-0.15, -0.1) is 22.7 Å². The van der Waals surface area contributed by atoms with Crippen molar-refractivity contribution in [2.24, 2.45) is 0 Å². The van der Waals surface area contributed by atoms with Crippen molar-refractivity contribution < 1.29 is 9.47 Å². The van der Waals surface area contributed by atoms with Gasteiger partial charge in [0, 0.05) is 17.7 Å². The summed E-state index contributed by atoms with van der Waals surface area (Å²) >= 11 is 3.41. The van der Waals surface area contributed by atoms with Gasteiger partial charge in [-0.05, 0) is 56.2 Å². The summed E-state index contributed by atoms with van der Waals surface area (Å²) in [7, 11) is 0. The highest BCUT2D eigenvalue weighted by Crippen LogP contribution is 2.46. The van der Waals surface area contributed by atoms with E-state index in [2.05, 4.69) is 46.3 Å². The van der Waals surface area contributed by atoms with Crippen LogP contribution in [0.2, 0.25) is 0 Å². The molecule has 2 saturated carbocycles. The van der Waals surface area contributed by atoms with Gasteiger partial charge in [0.2, 0.25) is 5.95 Å². The number of anilines is 2. The zero-order valence-corrected chi connectivity index (χ0v) is 22.5. The molecule has 2 aliphatic carbocycles. The highest BCUT2D eigenvalue weighted by atomic mass is 32.1. The number of para-hydroxylation sites is 1. The summed E-state index contributed by atoms with van der Waals surface area (Å²) < 4.78 is 14.4. The first-order valence-corrected chi connectivity index (χ1v) is 15.0. The molecule has 4 aromatic rings. The Bertz CT molecular complexity index is 1370. The van der Waals surface area contributed by atoms with Gasteiger partial charge in [0.25, 0.3) is 0 Å². The first kappa shape index (κ1) is 23.5. The lowest BCUT2D eigenvalue weighted by molar-refractivity contribution is -0.198. The Balaban J connectivity index is 1.21. The Kier molecular flexibility index (Phi) is 6.11. The van der Waals surface area contributed by atoms with Crippen LogP contribution in [-0.4, -0.2) is 39.0 Å². The molecule has 3 atom stereocenters. The number of nitrogens with one attached hydrogen (secondary N) is 2. The number of aryl methyl sites for hydroxylation is 1. The van der Waals surface area contributed by atoms with Gasteiger partial charge >= 0.3 is 0 Å². The number of thiophene rings is 1. The normalized spacial score (nSPS) is 24.5. The van der Waals surface area contributed by atoms with Gasteiger partial charge in [0.15, 0.2) is 5.79 Å². The second-order valence-electron chi connectivity index (χ2n) is 10.3. The number of fused-ring (bicyclic) bond motifs is 2. The highest BCUT2D eigenvalue weighted by Gasteiger charge is 2.53. The molecule has 0 bridgehead atoms. The van der Waals surface area contributed by atoms with Crippen LogP contribution < -0.4 is 10.6 Å². The standard InChI is InChI=1S/C28H31N5O2S2/c1-17-23(26-32-19-9-3-4-10-22(19)37-26)25(33-27(30-17)29-16-18-8-7-15-36-18)31-20-11-12-21-24(20)35-28(34-21)13-5-2-6-14-28/h3-4,7-10,15,20-21,24H,2,5-6,11-14,16H2,1H3,(H2,29,30,31,33)/t20-,21-,24+/m1/s1. The molecule has 3 aromatic heterocycles. The molecule has 3 aliphatic rings. The lowest BCUT2D eigenvalue weighted by Crippen LogP contribution is -2.38. The highest BCUT2D eigenvalue weighted by molar-refractivity contribution is 7.21. The maximum Gasteiger partial charge on any atom is 0.225 e.